The molecule has 0 fully saturated rings. The zero-order valence-corrected chi connectivity index (χ0v) is 13.3. The second-order valence-electron chi connectivity index (χ2n) is 6.29. The van der Waals surface area contributed by atoms with Crippen LogP contribution in [-0.4, -0.2) is 0 Å². The van der Waals surface area contributed by atoms with Gasteiger partial charge in [-0.3, -0.25) is 0 Å². The molecule has 0 bridgehead atoms. The minimum Gasteiger partial charge on any atom is -0.207 e. The first kappa shape index (κ1) is 14.8. The molecule has 24 heavy (non-hydrogen) atoms. The van der Waals surface area contributed by atoms with Crippen molar-refractivity contribution in [1.29, 1.82) is 0 Å². The van der Waals surface area contributed by atoms with Gasteiger partial charge in [0.25, 0.3) is 0 Å². The van der Waals surface area contributed by atoms with E-state index in [4.69, 9.17) is 0 Å². The monoisotopic (exact) mass is 318 g/mol. The molecule has 4 rings (SSSR count). The zero-order valence-electron chi connectivity index (χ0n) is 13.3. The Kier molecular flexibility index (Phi) is 3.53. The van der Waals surface area contributed by atoms with E-state index in [-0.39, 0.29) is 0 Å². The van der Waals surface area contributed by atoms with Gasteiger partial charge < -0.3 is 0 Å². The number of hydrogen-bond donors (Lipinski definition) is 0. The van der Waals surface area contributed by atoms with Crippen molar-refractivity contribution in [3.8, 4) is 22.3 Å². The number of halogens is 2. The predicted molar refractivity (Wildman–Crippen MR) is 94.6 cm³/mol. The second kappa shape index (κ2) is 5.72. The van der Waals surface area contributed by atoms with Crippen molar-refractivity contribution in [2.24, 2.45) is 0 Å². The fourth-order valence-corrected chi connectivity index (χ4v) is 3.37. The Balaban J connectivity index is 1.96. The molecule has 0 nitrogen and oxygen atoms in total. The largest absolute Gasteiger partial charge is 0.207 e. The van der Waals surface area contributed by atoms with Gasteiger partial charge in [0.05, 0.1) is 0 Å². The zero-order chi connectivity index (χ0) is 16.7. The maximum absolute atomic E-state index is 13.7. The molecule has 118 valence electrons. The summed E-state index contributed by atoms with van der Waals surface area (Å²) in [4.78, 5) is 0. The lowest BCUT2D eigenvalue weighted by atomic mass is 9.92. The highest BCUT2D eigenvalue weighted by Gasteiger charge is 2.18. The average Bonchev–Trinajstić information content (AvgIpc) is 2.94. The summed E-state index contributed by atoms with van der Waals surface area (Å²) >= 11 is 0. The van der Waals surface area contributed by atoms with Crippen LogP contribution >= 0.6 is 0 Å². The molecular formula is C22H16F2. The molecule has 0 spiro atoms. The van der Waals surface area contributed by atoms with E-state index >= 15 is 0 Å². The highest BCUT2D eigenvalue weighted by molar-refractivity contribution is 5.85. The average molecular weight is 318 g/mol. The number of allylic oxidation sites excluding steroid dienone is 1. The summed E-state index contributed by atoms with van der Waals surface area (Å²) < 4.78 is 27.4. The van der Waals surface area contributed by atoms with Crippen LogP contribution in [0.15, 0.2) is 66.2 Å². The molecule has 0 amide bonds. The maximum atomic E-state index is 13.7. The van der Waals surface area contributed by atoms with Crippen LogP contribution in [0.3, 0.4) is 0 Å². The molecule has 0 atom stereocenters. The smallest absolute Gasteiger partial charge is 0.126 e. The Labute approximate surface area is 140 Å². The molecule has 0 N–H and O–H groups in total. The van der Waals surface area contributed by atoms with Crippen LogP contribution < -0.4 is 0 Å². The Hall–Kier alpha value is -2.74. The van der Waals surface area contributed by atoms with Crippen molar-refractivity contribution in [1.82, 2.24) is 0 Å². The Morgan fingerprint density at radius 2 is 1.46 bits per heavy atom. The first-order chi connectivity index (χ1) is 11.6. The number of fused-ring (bicyclic) bond motifs is 1. The molecule has 0 aromatic heterocycles. The highest BCUT2D eigenvalue weighted by Crippen LogP contribution is 2.38. The van der Waals surface area contributed by atoms with Crippen LogP contribution in [0.4, 0.5) is 8.78 Å². The van der Waals surface area contributed by atoms with Crippen LogP contribution in [-0.2, 0) is 6.42 Å². The van der Waals surface area contributed by atoms with Gasteiger partial charge in [-0.15, -0.1) is 0 Å². The maximum Gasteiger partial charge on any atom is 0.126 e. The van der Waals surface area contributed by atoms with E-state index in [1.54, 1.807) is 0 Å². The van der Waals surface area contributed by atoms with Gasteiger partial charge in [-0.25, -0.2) is 8.78 Å². The molecule has 1 aliphatic rings. The molecule has 0 saturated heterocycles. The third-order valence-corrected chi connectivity index (χ3v) is 4.41. The van der Waals surface area contributed by atoms with Crippen LogP contribution in [0.25, 0.3) is 28.3 Å². The van der Waals surface area contributed by atoms with Crippen molar-refractivity contribution < 1.29 is 8.78 Å². The summed E-state index contributed by atoms with van der Waals surface area (Å²) in [7, 11) is 0. The minimum atomic E-state index is -0.553. The van der Waals surface area contributed by atoms with Gasteiger partial charge in [-0.1, -0.05) is 48.0 Å². The van der Waals surface area contributed by atoms with E-state index < -0.39 is 11.6 Å². The van der Waals surface area contributed by atoms with E-state index in [1.165, 1.54) is 23.3 Å². The molecule has 3 aromatic rings. The molecule has 0 unspecified atom stereocenters. The molecule has 0 heterocycles. The molecular weight excluding hydrogens is 302 g/mol. The first-order valence-corrected chi connectivity index (χ1v) is 7.96. The van der Waals surface area contributed by atoms with Gasteiger partial charge >= 0.3 is 0 Å². The summed E-state index contributed by atoms with van der Waals surface area (Å²) in [6.07, 6.45) is 2.99. The fourth-order valence-electron chi connectivity index (χ4n) is 3.37. The third kappa shape index (κ3) is 2.65. The molecule has 2 heteroatoms. The van der Waals surface area contributed by atoms with E-state index in [1.807, 2.05) is 36.4 Å². The molecule has 1 aliphatic carbocycles. The van der Waals surface area contributed by atoms with Gasteiger partial charge in [0.2, 0.25) is 0 Å². The van der Waals surface area contributed by atoms with Gasteiger partial charge in [0.15, 0.2) is 0 Å². The summed E-state index contributed by atoms with van der Waals surface area (Å²) in [6.45, 7) is 2.08. The van der Waals surface area contributed by atoms with E-state index in [0.717, 1.165) is 34.7 Å². The van der Waals surface area contributed by atoms with Crippen molar-refractivity contribution >= 4 is 6.08 Å². The van der Waals surface area contributed by atoms with Gasteiger partial charge in [0.1, 0.15) is 11.6 Å². The van der Waals surface area contributed by atoms with Crippen LogP contribution in [0, 0.1) is 11.6 Å². The van der Waals surface area contributed by atoms with Crippen molar-refractivity contribution in [2.75, 3.05) is 0 Å². The SMILES string of the molecule is CC1=Cc2c(cc(-c3ccccc3)cc2-c2cc(F)cc(F)c2)C1. The summed E-state index contributed by atoms with van der Waals surface area (Å²) in [6, 6.07) is 18.0. The number of rotatable bonds is 2. The van der Waals surface area contributed by atoms with Crippen LogP contribution in [0.1, 0.15) is 18.1 Å². The Morgan fingerprint density at radius 1 is 0.750 bits per heavy atom. The molecule has 0 aliphatic heterocycles. The summed E-state index contributed by atoms with van der Waals surface area (Å²) in [5, 5.41) is 0. The fraction of sp³-hybridized carbons (Fsp3) is 0.0909. The van der Waals surface area contributed by atoms with Crippen LogP contribution in [0.2, 0.25) is 0 Å². The number of benzene rings is 3. The van der Waals surface area contributed by atoms with E-state index in [0.29, 0.717) is 5.56 Å². The standard InChI is InChI=1S/C22H16F2/c1-14-7-17-9-16(15-5-3-2-4-6-15)12-22(21(17)8-14)18-10-19(23)13-20(24)11-18/h2-6,8-13H,7H2,1H3. The Morgan fingerprint density at radius 3 is 2.17 bits per heavy atom. The van der Waals surface area contributed by atoms with Crippen LogP contribution in [0.5, 0.6) is 0 Å². The third-order valence-electron chi connectivity index (χ3n) is 4.41. The molecule has 0 radical (unpaired) electrons. The summed E-state index contributed by atoms with van der Waals surface area (Å²) in [5.74, 6) is -1.11. The minimum absolute atomic E-state index is 0.553. The van der Waals surface area contributed by atoms with E-state index in [2.05, 4.69) is 19.1 Å². The quantitative estimate of drug-likeness (QED) is 0.523. The Bertz CT molecular complexity index is 933. The topological polar surface area (TPSA) is 0 Å². The van der Waals surface area contributed by atoms with Gasteiger partial charge in [0, 0.05) is 6.07 Å². The first-order valence-electron chi connectivity index (χ1n) is 7.96. The lowest BCUT2D eigenvalue weighted by Gasteiger charge is -2.13. The van der Waals surface area contributed by atoms with Gasteiger partial charge in [-0.2, -0.15) is 0 Å². The second-order valence-corrected chi connectivity index (χ2v) is 6.29. The lowest BCUT2D eigenvalue weighted by molar-refractivity contribution is 0.584. The molecule has 0 saturated carbocycles. The normalized spacial score (nSPS) is 12.9. The van der Waals surface area contributed by atoms with Crippen molar-refractivity contribution in [3.05, 3.63) is 89.0 Å². The molecule has 3 aromatic carbocycles. The van der Waals surface area contributed by atoms with Gasteiger partial charge in [-0.05, 0) is 64.9 Å². The van der Waals surface area contributed by atoms with Crippen molar-refractivity contribution in [2.45, 2.75) is 13.3 Å². The predicted octanol–water partition coefficient (Wildman–Crippen LogP) is 6.26. The van der Waals surface area contributed by atoms with Crippen molar-refractivity contribution in [3.63, 3.8) is 0 Å². The number of hydrogen-bond acceptors (Lipinski definition) is 0. The summed E-state index contributed by atoms with van der Waals surface area (Å²) in [5.41, 5.74) is 7.15. The highest BCUT2D eigenvalue weighted by atomic mass is 19.1. The van der Waals surface area contributed by atoms with E-state index in [9.17, 15) is 8.78 Å². The lowest BCUT2D eigenvalue weighted by Crippen LogP contribution is -1.92.